The predicted molar refractivity (Wildman–Crippen MR) is 54.5 cm³/mol. The molecule has 1 atom stereocenters. The summed E-state index contributed by atoms with van der Waals surface area (Å²) in [5.74, 6) is -1.20. The second-order valence-corrected chi connectivity index (χ2v) is 3.97. The van der Waals surface area contributed by atoms with Crippen molar-refractivity contribution in [3.63, 3.8) is 0 Å². The molecule has 0 saturated carbocycles. The Balaban J connectivity index is 2.68. The van der Waals surface area contributed by atoms with Crippen molar-refractivity contribution in [2.75, 3.05) is 5.32 Å². The summed E-state index contributed by atoms with van der Waals surface area (Å²) in [5.41, 5.74) is 0.960. The molecule has 0 saturated heterocycles. The molecule has 0 aliphatic carbocycles. The summed E-state index contributed by atoms with van der Waals surface area (Å²) >= 11 is 0. The van der Waals surface area contributed by atoms with Gasteiger partial charge in [0.25, 0.3) is 0 Å². The van der Waals surface area contributed by atoms with Gasteiger partial charge in [0.15, 0.2) is 6.04 Å². The number of carboxylic acid groups (broad SMARTS) is 1. The third-order valence-corrected chi connectivity index (χ3v) is 3.00. The molecule has 15 heavy (non-hydrogen) atoms. The minimum atomic E-state index is -2.53. The zero-order valence-corrected chi connectivity index (χ0v) is 8.28. The van der Waals surface area contributed by atoms with Crippen LogP contribution >= 0.6 is 0 Å². The van der Waals surface area contributed by atoms with Crippen LogP contribution in [-0.2, 0) is 15.1 Å². The third kappa shape index (κ3) is 1.48. The Morgan fingerprint density at radius 2 is 2.00 bits per heavy atom. The Morgan fingerprint density at radius 3 is 2.60 bits per heavy atom. The molecule has 0 amide bonds. The highest BCUT2D eigenvalue weighted by atomic mass is 32.2. The van der Waals surface area contributed by atoms with Crippen molar-refractivity contribution in [3.05, 3.63) is 29.8 Å². The van der Waals surface area contributed by atoms with E-state index >= 15 is 0 Å². The molecule has 1 aromatic carbocycles. The summed E-state index contributed by atoms with van der Waals surface area (Å²) in [7, 11) is -2.53. The molecule has 0 spiro atoms. The fourth-order valence-electron chi connectivity index (χ4n) is 1.56. The summed E-state index contributed by atoms with van der Waals surface area (Å²) in [6, 6.07) is 5.42. The molecular weight excluding hydrogens is 218 g/mol. The van der Waals surface area contributed by atoms with Crippen molar-refractivity contribution in [2.24, 2.45) is 0 Å². The first-order valence-electron chi connectivity index (χ1n) is 4.16. The predicted octanol–water partition coefficient (Wildman–Crippen LogP) is -0.0351. The van der Waals surface area contributed by atoms with E-state index in [0.29, 0.717) is 11.3 Å². The first-order chi connectivity index (χ1) is 7.11. The summed E-state index contributed by atoms with van der Waals surface area (Å²) in [4.78, 5) is 10.7. The lowest BCUT2D eigenvalue weighted by atomic mass is 10.1. The second kappa shape index (κ2) is 3.39. The quantitative estimate of drug-likeness (QED) is 0.655. The molecule has 1 aromatic rings. The van der Waals surface area contributed by atoms with Crippen molar-refractivity contribution >= 4 is 26.8 Å². The Labute approximate surface area is 86.9 Å². The van der Waals surface area contributed by atoms with E-state index < -0.39 is 22.3 Å². The topological polar surface area (TPSA) is 83.5 Å². The molecule has 1 aliphatic rings. The zero-order chi connectivity index (χ0) is 11.0. The highest BCUT2D eigenvalue weighted by Crippen LogP contribution is 2.25. The summed E-state index contributed by atoms with van der Waals surface area (Å²) in [6.07, 6.45) is 0. The van der Waals surface area contributed by atoms with Crippen molar-refractivity contribution in [1.29, 1.82) is 0 Å². The maximum absolute atomic E-state index is 10.9. The summed E-state index contributed by atoms with van der Waals surface area (Å²) < 4.78 is 21.9. The second-order valence-electron chi connectivity index (χ2n) is 3.06. The van der Waals surface area contributed by atoms with E-state index in [-0.39, 0.29) is 4.86 Å². The lowest BCUT2D eigenvalue weighted by molar-refractivity contribution is -0.136. The fourth-order valence-corrected chi connectivity index (χ4v) is 2.27. The van der Waals surface area contributed by atoms with E-state index in [1.165, 1.54) is 0 Å². The van der Waals surface area contributed by atoms with E-state index in [1.807, 2.05) is 0 Å². The molecule has 5 nitrogen and oxygen atoms in total. The highest BCUT2D eigenvalue weighted by Gasteiger charge is 2.34. The van der Waals surface area contributed by atoms with Crippen LogP contribution in [0.4, 0.5) is 5.69 Å². The number of nitrogens with one attached hydrogen (secondary N) is 1. The smallest absolute Gasteiger partial charge is 0.331 e. The standard InChI is InChI=1S/C9H7NO4S/c11-9(12)7-8(15(13)14)5-3-1-2-4-6(5)10-7/h1-4,7,10H,(H,11,12). The van der Waals surface area contributed by atoms with Gasteiger partial charge in [-0.15, -0.1) is 0 Å². The first kappa shape index (κ1) is 9.72. The van der Waals surface area contributed by atoms with Gasteiger partial charge in [0.05, 0.1) is 0 Å². The Hall–Kier alpha value is -1.82. The molecule has 0 fully saturated rings. The molecule has 78 valence electrons. The monoisotopic (exact) mass is 225 g/mol. The van der Waals surface area contributed by atoms with Gasteiger partial charge in [-0.25, -0.2) is 4.79 Å². The number of aliphatic carboxylic acids is 1. The third-order valence-electron chi connectivity index (χ3n) is 2.18. The molecule has 0 bridgehead atoms. The van der Waals surface area contributed by atoms with Crippen LogP contribution in [0.1, 0.15) is 5.56 Å². The normalized spacial score (nSPS) is 18.1. The van der Waals surface area contributed by atoms with Crippen LogP contribution in [-0.4, -0.2) is 30.4 Å². The molecule has 1 unspecified atom stereocenters. The minimum absolute atomic E-state index is 0.113. The van der Waals surface area contributed by atoms with E-state index in [4.69, 9.17) is 5.11 Å². The van der Waals surface area contributed by atoms with Crippen LogP contribution in [0.15, 0.2) is 24.3 Å². The van der Waals surface area contributed by atoms with Gasteiger partial charge in [0, 0.05) is 11.3 Å². The molecule has 1 aliphatic heterocycles. The number of fused-ring (bicyclic) bond motifs is 1. The van der Waals surface area contributed by atoms with Gasteiger partial charge in [-0.2, -0.15) is 8.42 Å². The van der Waals surface area contributed by atoms with Crippen LogP contribution in [0.5, 0.6) is 0 Å². The highest BCUT2D eigenvalue weighted by molar-refractivity contribution is 7.73. The van der Waals surface area contributed by atoms with Crippen LogP contribution in [0.3, 0.4) is 0 Å². The number of anilines is 1. The largest absolute Gasteiger partial charge is 0.479 e. The van der Waals surface area contributed by atoms with Gasteiger partial charge in [0.1, 0.15) is 4.86 Å². The Morgan fingerprint density at radius 1 is 1.33 bits per heavy atom. The lowest BCUT2D eigenvalue weighted by Crippen LogP contribution is -2.32. The van der Waals surface area contributed by atoms with Crippen LogP contribution in [0, 0.1) is 0 Å². The first-order valence-corrected chi connectivity index (χ1v) is 5.23. The molecule has 0 aromatic heterocycles. The molecule has 0 radical (unpaired) electrons. The van der Waals surface area contributed by atoms with E-state index in [2.05, 4.69) is 5.32 Å². The minimum Gasteiger partial charge on any atom is -0.479 e. The van der Waals surface area contributed by atoms with Crippen LogP contribution in [0.25, 0.3) is 0 Å². The van der Waals surface area contributed by atoms with E-state index in [9.17, 15) is 13.2 Å². The Bertz CT molecular complexity index is 553. The molecule has 6 heteroatoms. The maximum atomic E-state index is 10.9. The number of hydrogen-bond acceptors (Lipinski definition) is 4. The van der Waals surface area contributed by atoms with Crippen molar-refractivity contribution in [3.8, 4) is 0 Å². The number of rotatable bonds is 1. The number of para-hydroxylation sites is 1. The van der Waals surface area contributed by atoms with Crippen molar-refractivity contribution in [1.82, 2.24) is 0 Å². The van der Waals surface area contributed by atoms with Crippen molar-refractivity contribution in [2.45, 2.75) is 6.04 Å². The molecular formula is C9H7NO4S. The van der Waals surface area contributed by atoms with Gasteiger partial charge in [0.2, 0.25) is 10.3 Å². The number of carbonyl (C=O) groups is 1. The average molecular weight is 225 g/mol. The maximum Gasteiger partial charge on any atom is 0.331 e. The number of carboxylic acids is 1. The van der Waals surface area contributed by atoms with E-state index in [0.717, 1.165) is 0 Å². The van der Waals surface area contributed by atoms with Gasteiger partial charge in [-0.1, -0.05) is 18.2 Å². The average Bonchev–Trinajstić information content (AvgIpc) is 2.56. The molecule has 1 heterocycles. The van der Waals surface area contributed by atoms with E-state index in [1.54, 1.807) is 24.3 Å². The van der Waals surface area contributed by atoms with Crippen LogP contribution < -0.4 is 5.32 Å². The number of hydrogen-bond donors (Lipinski definition) is 2. The molecule has 2 N–H and O–H groups in total. The summed E-state index contributed by atoms with van der Waals surface area (Å²) in [5, 5.41) is 11.5. The van der Waals surface area contributed by atoms with Gasteiger partial charge in [-0.3, -0.25) is 0 Å². The van der Waals surface area contributed by atoms with Gasteiger partial charge < -0.3 is 10.4 Å². The molecule has 2 rings (SSSR count). The van der Waals surface area contributed by atoms with Crippen molar-refractivity contribution < 1.29 is 18.3 Å². The SMILES string of the molecule is O=C(O)C1Nc2ccccc2C1=S(=O)=O. The zero-order valence-electron chi connectivity index (χ0n) is 7.47. The number of benzene rings is 1. The lowest BCUT2D eigenvalue weighted by Gasteiger charge is -2.03. The van der Waals surface area contributed by atoms with Gasteiger partial charge in [-0.05, 0) is 6.07 Å². The summed E-state index contributed by atoms with van der Waals surface area (Å²) in [6.45, 7) is 0. The van der Waals surface area contributed by atoms with Crippen LogP contribution in [0.2, 0.25) is 0 Å². The fraction of sp³-hybridized carbons (Fsp3) is 0.111. The van der Waals surface area contributed by atoms with Gasteiger partial charge >= 0.3 is 5.97 Å². The Kier molecular flexibility index (Phi) is 2.20.